The van der Waals surface area contributed by atoms with Crippen LogP contribution in [0.3, 0.4) is 0 Å². The van der Waals surface area contributed by atoms with E-state index in [1.807, 2.05) is 0 Å². The topological polar surface area (TPSA) is 33.1 Å². The molecule has 1 N–H and O–H groups in total. The van der Waals surface area contributed by atoms with Crippen LogP contribution >= 0.6 is 15.9 Å². The normalized spacial score (nSPS) is 10.8. The highest BCUT2D eigenvalue weighted by Crippen LogP contribution is 2.22. The van der Waals surface area contributed by atoms with Crippen molar-refractivity contribution in [2.24, 2.45) is 0 Å². The Morgan fingerprint density at radius 1 is 1.54 bits per heavy atom. The van der Waals surface area contributed by atoms with Crippen molar-refractivity contribution in [3.63, 3.8) is 0 Å². The Morgan fingerprint density at radius 3 is 2.46 bits per heavy atom. The van der Waals surface area contributed by atoms with Crippen LogP contribution in [-0.4, -0.2) is 10.1 Å². The molecule has 0 fully saturated rings. The highest BCUT2D eigenvalue weighted by molar-refractivity contribution is 9.10. The number of nitrogens with zero attached hydrogens (tertiary/aromatic N) is 1. The fourth-order valence-electron chi connectivity index (χ4n) is 0.865. The molecule has 0 saturated heterocycles. The van der Waals surface area contributed by atoms with Crippen molar-refractivity contribution in [2.45, 2.75) is 26.9 Å². The number of aliphatic hydroxyl groups is 1. The summed E-state index contributed by atoms with van der Waals surface area (Å²) < 4.78 is 13.7. The van der Waals surface area contributed by atoms with Gasteiger partial charge in [0.15, 0.2) is 0 Å². The van der Waals surface area contributed by atoms with Gasteiger partial charge in [-0.25, -0.2) is 4.39 Å². The summed E-state index contributed by atoms with van der Waals surface area (Å²) in [5.41, 5.74) is -1.17. The lowest BCUT2D eigenvalue weighted by Gasteiger charge is -2.16. The molecule has 0 saturated carbocycles. The van der Waals surface area contributed by atoms with Crippen LogP contribution < -0.4 is 0 Å². The van der Waals surface area contributed by atoms with Gasteiger partial charge in [0.1, 0.15) is 17.1 Å². The summed E-state index contributed by atoms with van der Waals surface area (Å²) in [6, 6.07) is 1.28. The second-order valence-corrected chi connectivity index (χ2v) is 3.96. The fraction of sp³-hybridized carbons (Fsp3) is 0.444. The predicted octanol–water partition coefficient (Wildman–Crippen LogP) is 2.85. The molecule has 13 heavy (non-hydrogen) atoms. The third-order valence-corrected chi connectivity index (χ3v) is 1.82. The summed E-state index contributed by atoms with van der Waals surface area (Å²) in [5, 5.41) is 9.44. The van der Waals surface area contributed by atoms with Crippen LogP contribution in [0.2, 0.25) is 0 Å². The first kappa shape index (κ1) is 12.5. The number of halogens is 2. The predicted molar refractivity (Wildman–Crippen MR) is 53.9 cm³/mol. The molecule has 1 rings (SSSR count). The smallest absolute Gasteiger partial charge is 0.148 e. The molecule has 2 nitrogen and oxygen atoms in total. The van der Waals surface area contributed by atoms with Gasteiger partial charge < -0.3 is 5.11 Å². The van der Waals surface area contributed by atoms with Crippen molar-refractivity contribution in [1.29, 1.82) is 0 Å². The molecule has 0 aliphatic carbocycles. The van der Waals surface area contributed by atoms with Crippen LogP contribution in [0.5, 0.6) is 0 Å². The summed E-state index contributed by atoms with van der Waals surface area (Å²) in [6.07, 6.45) is 1.45. The van der Waals surface area contributed by atoms with Crippen molar-refractivity contribution >= 4 is 15.9 Å². The van der Waals surface area contributed by atoms with Crippen LogP contribution in [0.15, 0.2) is 16.7 Å². The fourth-order valence-corrected chi connectivity index (χ4v) is 1.17. The zero-order valence-electron chi connectivity index (χ0n) is 6.81. The SMILES string of the molecule is C.CC(C)(O)c1ncc(Br)cc1F. The third kappa shape index (κ3) is 3.04. The minimum Gasteiger partial charge on any atom is -0.384 e. The summed E-state index contributed by atoms with van der Waals surface area (Å²) in [5.74, 6) is -0.503. The molecule has 1 aromatic heterocycles. The second kappa shape index (κ2) is 4.15. The molecule has 1 heterocycles. The van der Waals surface area contributed by atoms with E-state index in [2.05, 4.69) is 20.9 Å². The Hall–Kier alpha value is -0.480. The minimum absolute atomic E-state index is 0. The first-order valence-corrected chi connectivity index (χ1v) is 4.24. The van der Waals surface area contributed by atoms with Crippen LogP contribution in [0, 0.1) is 5.82 Å². The lowest BCUT2D eigenvalue weighted by molar-refractivity contribution is 0.0694. The molecule has 0 aromatic carbocycles. The maximum absolute atomic E-state index is 13.1. The van der Waals surface area contributed by atoms with Crippen molar-refractivity contribution in [3.05, 3.63) is 28.2 Å². The van der Waals surface area contributed by atoms with Gasteiger partial charge in [-0.15, -0.1) is 0 Å². The number of aromatic nitrogens is 1. The second-order valence-electron chi connectivity index (χ2n) is 3.04. The van der Waals surface area contributed by atoms with E-state index in [4.69, 9.17) is 0 Å². The average molecular weight is 250 g/mol. The molecular formula is C9H13BrFNO. The summed E-state index contributed by atoms with van der Waals surface area (Å²) >= 11 is 3.08. The molecule has 0 amide bonds. The Labute approximate surface area is 85.9 Å². The van der Waals surface area contributed by atoms with E-state index in [0.717, 1.165) is 0 Å². The van der Waals surface area contributed by atoms with E-state index in [0.29, 0.717) is 4.47 Å². The first-order valence-electron chi connectivity index (χ1n) is 3.45. The van der Waals surface area contributed by atoms with Crippen molar-refractivity contribution in [3.8, 4) is 0 Å². The van der Waals surface area contributed by atoms with E-state index in [-0.39, 0.29) is 13.1 Å². The van der Waals surface area contributed by atoms with Crippen LogP contribution in [0.25, 0.3) is 0 Å². The van der Waals surface area contributed by atoms with E-state index in [1.54, 1.807) is 0 Å². The molecule has 0 aliphatic heterocycles. The van der Waals surface area contributed by atoms with E-state index in [1.165, 1.54) is 26.1 Å². The quantitative estimate of drug-likeness (QED) is 0.831. The highest BCUT2D eigenvalue weighted by Gasteiger charge is 2.21. The molecule has 1 aromatic rings. The molecule has 0 bridgehead atoms. The molecule has 0 radical (unpaired) electrons. The zero-order chi connectivity index (χ0) is 9.35. The van der Waals surface area contributed by atoms with Crippen LogP contribution in [0.1, 0.15) is 27.0 Å². The zero-order valence-corrected chi connectivity index (χ0v) is 8.39. The summed E-state index contributed by atoms with van der Waals surface area (Å²) in [7, 11) is 0. The van der Waals surface area contributed by atoms with Gasteiger partial charge >= 0.3 is 0 Å². The molecule has 0 unspecified atom stereocenters. The number of rotatable bonds is 1. The van der Waals surface area contributed by atoms with Gasteiger partial charge in [0.25, 0.3) is 0 Å². The Bertz CT molecular complexity index is 296. The largest absolute Gasteiger partial charge is 0.384 e. The van der Waals surface area contributed by atoms with Gasteiger partial charge in [-0.3, -0.25) is 4.98 Å². The third-order valence-electron chi connectivity index (χ3n) is 1.39. The van der Waals surface area contributed by atoms with Gasteiger partial charge in [-0.05, 0) is 35.8 Å². The molecule has 74 valence electrons. The number of hydrogen-bond acceptors (Lipinski definition) is 2. The van der Waals surface area contributed by atoms with Crippen LogP contribution in [0.4, 0.5) is 4.39 Å². The van der Waals surface area contributed by atoms with Gasteiger partial charge in [0.2, 0.25) is 0 Å². The van der Waals surface area contributed by atoms with Crippen LogP contribution in [-0.2, 0) is 5.60 Å². The molecule has 0 spiro atoms. The first-order chi connectivity index (χ1) is 5.41. The van der Waals surface area contributed by atoms with E-state index in [9.17, 15) is 9.50 Å². The molecule has 4 heteroatoms. The monoisotopic (exact) mass is 249 g/mol. The summed E-state index contributed by atoms with van der Waals surface area (Å²) in [6.45, 7) is 2.98. The number of pyridine rings is 1. The maximum Gasteiger partial charge on any atom is 0.148 e. The lowest BCUT2D eigenvalue weighted by Crippen LogP contribution is -2.19. The van der Waals surface area contributed by atoms with Crippen molar-refractivity contribution < 1.29 is 9.50 Å². The Kier molecular flexibility index (Phi) is 4.00. The molecular weight excluding hydrogens is 237 g/mol. The van der Waals surface area contributed by atoms with Gasteiger partial charge in [0.05, 0.1) is 0 Å². The molecule has 0 aliphatic rings. The standard InChI is InChI=1S/C8H9BrFNO.CH4/c1-8(2,12)7-6(10)3-5(9)4-11-7;/h3-4,12H,1-2H3;1H4. The number of hydrogen-bond donors (Lipinski definition) is 1. The van der Waals surface area contributed by atoms with E-state index < -0.39 is 11.4 Å². The molecule has 0 atom stereocenters. The summed E-state index contributed by atoms with van der Waals surface area (Å²) in [4.78, 5) is 3.78. The van der Waals surface area contributed by atoms with Gasteiger partial charge in [0, 0.05) is 10.7 Å². The van der Waals surface area contributed by atoms with Crippen molar-refractivity contribution in [2.75, 3.05) is 0 Å². The van der Waals surface area contributed by atoms with Gasteiger partial charge in [-0.1, -0.05) is 7.43 Å². The van der Waals surface area contributed by atoms with Crippen molar-refractivity contribution in [1.82, 2.24) is 4.98 Å². The van der Waals surface area contributed by atoms with E-state index >= 15 is 0 Å². The lowest BCUT2D eigenvalue weighted by atomic mass is 10.0. The minimum atomic E-state index is -1.23. The Balaban J connectivity index is 0.00000144. The maximum atomic E-state index is 13.1. The highest BCUT2D eigenvalue weighted by atomic mass is 79.9. The Morgan fingerprint density at radius 2 is 2.08 bits per heavy atom. The van der Waals surface area contributed by atoms with Gasteiger partial charge in [-0.2, -0.15) is 0 Å². The average Bonchev–Trinajstić information content (AvgIpc) is 1.83.